The van der Waals surface area contributed by atoms with Crippen molar-refractivity contribution >= 4 is 17.6 Å². The van der Waals surface area contributed by atoms with Gasteiger partial charge in [0.2, 0.25) is 0 Å². The highest BCUT2D eigenvalue weighted by molar-refractivity contribution is 6.30. The van der Waals surface area contributed by atoms with Crippen molar-refractivity contribution in [3.8, 4) is 5.75 Å². The van der Waals surface area contributed by atoms with Crippen LogP contribution in [0.3, 0.4) is 0 Å². The van der Waals surface area contributed by atoms with Crippen molar-refractivity contribution < 1.29 is 9.15 Å². The largest absolute Gasteiger partial charge is 0.496 e. The molecular formula is C11H11ClN2O2. The molecule has 0 unspecified atom stereocenters. The summed E-state index contributed by atoms with van der Waals surface area (Å²) in [5, 5.41) is 0.660. The van der Waals surface area contributed by atoms with Crippen LogP contribution in [0.1, 0.15) is 11.3 Å². The maximum absolute atomic E-state index is 5.92. The molecule has 0 bridgehead atoms. The van der Waals surface area contributed by atoms with Crippen LogP contribution in [0.25, 0.3) is 0 Å². The van der Waals surface area contributed by atoms with E-state index in [-0.39, 0.29) is 6.01 Å². The van der Waals surface area contributed by atoms with Crippen LogP contribution in [0.2, 0.25) is 5.02 Å². The molecule has 0 saturated carbocycles. The summed E-state index contributed by atoms with van der Waals surface area (Å²) in [7, 11) is 1.61. The summed E-state index contributed by atoms with van der Waals surface area (Å²) in [6, 6.07) is 5.60. The Labute approximate surface area is 98.0 Å². The van der Waals surface area contributed by atoms with E-state index in [9.17, 15) is 0 Å². The third-order valence-corrected chi connectivity index (χ3v) is 2.42. The lowest BCUT2D eigenvalue weighted by molar-refractivity contribution is 0.410. The summed E-state index contributed by atoms with van der Waals surface area (Å²) in [5.41, 5.74) is 7.09. The van der Waals surface area contributed by atoms with Crippen molar-refractivity contribution in [2.75, 3.05) is 12.8 Å². The second-order valence-electron chi connectivity index (χ2n) is 3.31. The van der Waals surface area contributed by atoms with E-state index >= 15 is 0 Å². The van der Waals surface area contributed by atoms with Crippen molar-refractivity contribution in [2.45, 2.75) is 6.42 Å². The zero-order valence-electron chi connectivity index (χ0n) is 8.74. The molecule has 2 aromatic rings. The van der Waals surface area contributed by atoms with Gasteiger partial charge < -0.3 is 14.9 Å². The highest BCUT2D eigenvalue weighted by Gasteiger charge is 2.08. The number of anilines is 1. The maximum Gasteiger partial charge on any atom is 0.292 e. The van der Waals surface area contributed by atoms with Gasteiger partial charge in [-0.2, -0.15) is 4.98 Å². The molecule has 2 rings (SSSR count). The Bertz CT molecular complexity index is 496. The minimum Gasteiger partial charge on any atom is -0.496 e. The molecule has 1 aromatic heterocycles. The molecular weight excluding hydrogens is 228 g/mol. The molecule has 16 heavy (non-hydrogen) atoms. The SMILES string of the molecule is COc1ccc(Cl)cc1Cc1coc(N)n1. The van der Waals surface area contributed by atoms with Crippen molar-refractivity contribution in [3.63, 3.8) is 0 Å². The first-order valence-electron chi connectivity index (χ1n) is 4.71. The molecule has 0 atom stereocenters. The van der Waals surface area contributed by atoms with E-state index in [0.29, 0.717) is 11.4 Å². The Morgan fingerprint density at radius 2 is 2.31 bits per heavy atom. The number of benzene rings is 1. The average molecular weight is 239 g/mol. The standard InChI is InChI=1S/C11H11ClN2O2/c1-15-10-3-2-8(12)4-7(10)5-9-6-16-11(13)14-9/h2-4,6H,5H2,1H3,(H2,13,14). The Kier molecular flexibility index (Phi) is 3.01. The van der Waals surface area contributed by atoms with Gasteiger partial charge in [0.1, 0.15) is 12.0 Å². The third kappa shape index (κ3) is 2.28. The highest BCUT2D eigenvalue weighted by atomic mass is 35.5. The number of hydrogen-bond donors (Lipinski definition) is 1. The quantitative estimate of drug-likeness (QED) is 0.893. The summed E-state index contributed by atoms with van der Waals surface area (Å²) < 4.78 is 10.2. The van der Waals surface area contributed by atoms with E-state index in [2.05, 4.69) is 4.98 Å². The normalized spacial score (nSPS) is 10.4. The molecule has 0 saturated heterocycles. The number of oxazole rings is 1. The molecule has 0 aliphatic carbocycles. The Balaban J connectivity index is 2.29. The highest BCUT2D eigenvalue weighted by Crippen LogP contribution is 2.25. The molecule has 0 radical (unpaired) electrons. The second kappa shape index (κ2) is 4.45. The van der Waals surface area contributed by atoms with E-state index in [1.165, 1.54) is 6.26 Å². The Hall–Kier alpha value is -1.68. The van der Waals surface area contributed by atoms with Crippen LogP contribution in [-0.2, 0) is 6.42 Å². The van der Waals surface area contributed by atoms with E-state index in [0.717, 1.165) is 17.0 Å². The summed E-state index contributed by atoms with van der Waals surface area (Å²) in [6.07, 6.45) is 2.10. The number of nitrogen functional groups attached to an aromatic ring is 1. The van der Waals surface area contributed by atoms with Gasteiger partial charge in [-0.1, -0.05) is 11.6 Å². The monoisotopic (exact) mass is 238 g/mol. The van der Waals surface area contributed by atoms with Gasteiger partial charge in [0.25, 0.3) is 6.01 Å². The minimum absolute atomic E-state index is 0.163. The molecule has 1 aromatic carbocycles. The van der Waals surface area contributed by atoms with Crippen LogP contribution < -0.4 is 10.5 Å². The van der Waals surface area contributed by atoms with Gasteiger partial charge in [-0.05, 0) is 18.2 Å². The second-order valence-corrected chi connectivity index (χ2v) is 3.75. The first kappa shape index (κ1) is 10.8. The molecule has 0 aliphatic rings. The fraction of sp³-hybridized carbons (Fsp3) is 0.182. The lowest BCUT2D eigenvalue weighted by Crippen LogP contribution is -1.94. The van der Waals surface area contributed by atoms with Crippen LogP contribution in [0.4, 0.5) is 6.01 Å². The molecule has 84 valence electrons. The van der Waals surface area contributed by atoms with Crippen LogP contribution in [0.5, 0.6) is 5.75 Å². The fourth-order valence-corrected chi connectivity index (χ4v) is 1.68. The van der Waals surface area contributed by atoms with Gasteiger partial charge in [0.15, 0.2) is 0 Å². The van der Waals surface area contributed by atoms with Gasteiger partial charge in [-0.15, -0.1) is 0 Å². The lowest BCUT2D eigenvalue weighted by Gasteiger charge is -2.06. The molecule has 0 fully saturated rings. The number of rotatable bonds is 3. The van der Waals surface area contributed by atoms with E-state index in [1.807, 2.05) is 12.1 Å². The van der Waals surface area contributed by atoms with Crippen molar-refractivity contribution in [3.05, 3.63) is 40.7 Å². The van der Waals surface area contributed by atoms with Gasteiger partial charge in [-0.3, -0.25) is 0 Å². The van der Waals surface area contributed by atoms with Crippen LogP contribution in [0.15, 0.2) is 28.9 Å². The van der Waals surface area contributed by atoms with E-state index in [1.54, 1.807) is 13.2 Å². The predicted molar refractivity (Wildman–Crippen MR) is 61.7 cm³/mol. The molecule has 4 nitrogen and oxygen atoms in total. The zero-order chi connectivity index (χ0) is 11.5. The summed E-state index contributed by atoms with van der Waals surface area (Å²) in [4.78, 5) is 4.02. The summed E-state index contributed by atoms with van der Waals surface area (Å²) >= 11 is 5.92. The average Bonchev–Trinajstić information content (AvgIpc) is 2.64. The van der Waals surface area contributed by atoms with E-state index < -0.39 is 0 Å². The topological polar surface area (TPSA) is 61.3 Å². The lowest BCUT2D eigenvalue weighted by atomic mass is 10.1. The van der Waals surface area contributed by atoms with Gasteiger partial charge in [0, 0.05) is 17.0 Å². The smallest absolute Gasteiger partial charge is 0.292 e. The number of ether oxygens (including phenoxy) is 1. The molecule has 1 heterocycles. The summed E-state index contributed by atoms with van der Waals surface area (Å²) in [6.45, 7) is 0. The van der Waals surface area contributed by atoms with Gasteiger partial charge in [-0.25, -0.2) is 0 Å². The Morgan fingerprint density at radius 1 is 1.50 bits per heavy atom. The number of halogens is 1. The van der Waals surface area contributed by atoms with Crippen LogP contribution in [-0.4, -0.2) is 12.1 Å². The van der Waals surface area contributed by atoms with Gasteiger partial charge in [0.05, 0.1) is 12.8 Å². The first-order valence-corrected chi connectivity index (χ1v) is 5.09. The number of nitrogens with two attached hydrogens (primary N) is 1. The third-order valence-electron chi connectivity index (χ3n) is 2.18. The number of nitrogens with zero attached hydrogens (tertiary/aromatic N) is 1. The maximum atomic E-state index is 5.92. The zero-order valence-corrected chi connectivity index (χ0v) is 9.49. The number of aromatic nitrogens is 1. The molecule has 2 N–H and O–H groups in total. The predicted octanol–water partition coefficient (Wildman–Crippen LogP) is 2.51. The Morgan fingerprint density at radius 3 is 2.94 bits per heavy atom. The molecule has 0 aliphatic heterocycles. The minimum atomic E-state index is 0.163. The van der Waals surface area contributed by atoms with Crippen molar-refractivity contribution in [1.29, 1.82) is 0 Å². The van der Waals surface area contributed by atoms with Gasteiger partial charge >= 0.3 is 0 Å². The molecule has 0 spiro atoms. The fourth-order valence-electron chi connectivity index (χ4n) is 1.48. The van der Waals surface area contributed by atoms with Crippen LogP contribution >= 0.6 is 11.6 Å². The van der Waals surface area contributed by atoms with E-state index in [4.69, 9.17) is 26.5 Å². The number of methoxy groups -OCH3 is 1. The van der Waals surface area contributed by atoms with Crippen molar-refractivity contribution in [1.82, 2.24) is 4.98 Å². The first-order chi connectivity index (χ1) is 7.69. The summed E-state index contributed by atoms with van der Waals surface area (Å²) in [5.74, 6) is 0.769. The van der Waals surface area contributed by atoms with Crippen LogP contribution in [0, 0.1) is 0 Å². The number of hydrogen-bond acceptors (Lipinski definition) is 4. The molecule has 0 amide bonds. The van der Waals surface area contributed by atoms with Crippen molar-refractivity contribution in [2.24, 2.45) is 0 Å². The molecule has 5 heteroatoms.